The molecule has 3 aromatic carbocycles. The number of aryl methyl sites for hydroxylation is 1. The van der Waals surface area contributed by atoms with Gasteiger partial charge in [-0.25, -0.2) is 12.8 Å². The quantitative estimate of drug-likeness (QED) is 0.464. The van der Waals surface area contributed by atoms with Crippen LogP contribution in [-0.2, 0) is 27.6 Å². The van der Waals surface area contributed by atoms with E-state index >= 15 is 0 Å². The van der Waals surface area contributed by atoms with Crippen molar-refractivity contribution >= 4 is 32.3 Å². The van der Waals surface area contributed by atoms with Gasteiger partial charge >= 0.3 is 0 Å². The van der Waals surface area contributed by atoms with Crippen LogP contribution in [0.15, 0.2) is 93.6 Å². The number of pyridine rings is 1. The summed E-state index contributed by atoms with van der Waals surface area (Å²) in [6, 6.07) is 18.2. The van der Waals surface area contributed by atoms with Gasteiger partial charge in [0.15, 0.2) is 0 Å². The van der Waals surface area contributed by atoms with Crippen LogP contribution in [0.1, 0.15) is 12.5 Å². The minimum Gasteiger partial charge on any atom is -0.336 e. The standard InChI is InChI=1S/C25H21FN2O4S/c1-2-17-7-13-20(14-8-17)33(31,32)23-15-28(22-6-4-3-5-21(22)25(23)30)16-24(29)27-19-11-9-18(26)10-12-19/h3-15H,2,16H2,1H3,(H,27,29). The molecule has 6 nitrogen and oxygen atoms in total. The molecule has 0 aliphatic rings. The smallest absolute Gasteiger partial charge is 0.244 e. The predicted molar refractivity (Wildman–Crippen MR) is 125 cm³/mol. The second kappa shape index (κ2) is 8.99. The number of hydrogen-bond donors (Lipinski definition) is 1. The average molecular weight is 465 g/mol. The Balaban J connectivity index is 1.77. The minimum atomic E-state index is -4.11. The van der Waals surface area contributed by atoms with Gasteiger partial charge in [-0.15, -0.1) is 0 Å². The van der Waals surface area contributed by atoms with Crippen LogP contribution in [0.5, 0.6) is 0 Å². The van der Waals surface area contributed by atoms with E-state index < -0.39 is 31.9 Å². The van der Waals surface area contributed by atoms with Crippen molar-refractivity contribution in [2.75, 3.05) is 5.32 Å². The number of rotatable bonds is 6. The SMILES string of the molecule is CCc1ccc(S(=O)(=O)c2cn(CC(=O)Nc3ccc(F)cc3)c3ccccc3c2=O)cc1. The zero-order valence-corrected chi connectivity index (χ0v) is 18.6. The summed E-state index contributed by atoms with van der Waals surface area (Å²) in [6.45, 7) is 1.72. The number of anilines is 1. The maximum Gasteiger partial charge on any atom is 0.244 e. The Morgan fingerprint density at radius 3 is 2.30 bits per heavy atom. The first-order valence-corrected chi connectivity index (χ1v) is 11.8. The lowest BCUT2D eigenvalue weighted by molar-refractivity contribution is -0.116. The zero-order chi connectivity index (χ0) is 23.6. The van der Waals surface area contributed by atoms with Crippen molar-refractivity contribution in [3.8, 4) is 0 Å². The molecule has 0 aliphatic carbocycles. The number of sulfone groups is 1. The van der Waals surface area contributed by atoms with Crippen molar-refractivity contribution in [1.82, 2.24) is 4.57 Å². The molecule has 0 bridgehead atoms. The van der Waals surface area contributed by atoms with Crippen LogP contribution < -0.4 is 10.7 Å². The molecular formula is C25H21FN2O4S. The normalized spacial score (nSPS) is 11.5. The summed E-state index contributed by atoms with van der Waals surface area (Å²) < 4.78 is 41.2. The van der Waals surface area contributed by atoms with Gasteiger partial charge in [-0.05, 0) is 60.5 Å². The van der Waals surface area contributed by atoms with E-state index in [9.17, 15) is 22.4 Å². The Morgan fingerprint density at radius 2 is 1.64 bits per heavy atom. The van der Waals surface area contributed by atoms with Crippen LogP contribution in [0.25, 0.3) is 10.9 Å². The summed E-state index contributed by atoms with van der Waals surface area (Å²) >= 11 is 0. The highest BCUT2D eigenvalue weighted by Crippen LogP contribution is 2.22. The third kappa shape index (κ3) is 4.56. The highest BCUT2D eigenvalue weighted by Gasteiger charge is 2.24. The summed E-state index contributed by atoms with van der Waals surface area (Å²) in [4.78, 5) is 25.4. The number of halogens is 1. The van der Waals surface area contributed by atoms with E-state index in [2.05, 4.69) is 5.32 Å². The van der Waals surface area contributed by atoms with E-state index in [1.165, 1.54) is 53.2 Å². The fourth-order valence-corrected chi connectivity index (χ4v) is 4.93. The molecule has 4 aromatic rings. The molecule has 1 amide bonds. The number of benzene rings is 3. The molecule has 0 unspecified atom stereocenters. The van der Waals surface area contributed by atoms with Crippen molar-refractivity contribution < 1.29 is 17.6 Å². The fourth-order valence-electron chi connectivity index (χ4n) is 3.56. The molecule has 1 heterocycles. The van der Waals surface area contributed by atoms with Gasteiger partial charge in [-0.1, -0.05) is 31.2 Å². The van der Waals surface area contributed by atoms with Crippen LogP contribution in [0.3, 0.4) is 0 Å². The predicted octanol–water partition coefficient (Wildman–Crippen LogP) is 4.17. The maximum absolute atomic E-state index is 13.3. The zero-order valence-electron chi connectivity index (χ0n) is 17.8. The van der Waals surface area contributed by atoms with Gasteiger partial charge in [0.2, 0.25) is 21.2 Å². The molecule has 0 saturated carbocycles. The molecule has 168 valence electrons. The number of nitrogens with one attached hydrogen (secondary N) is 1. The molecule has 1 aromatic heterocycles. The Bertz CT molecular complexity index is 1490. The lowest BCUT2D eigenvalue weighted by Crippen LogP contribution is -2.23. The number of carbonyl (C=O) groups is 1. The van der Waals surface area contributed by atoms with Crippen molar-refractivity contribution in [1.29, 1.82) is 0 Å². The van der Waals surface area contributed by atoms with Crippen molar-refractivity contribution in [3.05, 3.63) is 101 Å². The van der Waals surface area contributed by atoms with Crippen LogP contribution in [-0.4, -0.2) is 18.9 Å². The monoisotopic (exact) mass is 464 g/mol. The number of amides is 1. The van der Waals surface area contributed by atoms with Crippen molar-refractivity contribution in [3.63, 3.8) is 0 Å². The number of para-hydroxylation sites is 1. The minimum absolute atomic E-state index is 0.00870. The summed E-state index contributed by atoms with van der Waals surface area (Å²) in [7, 11) is -4.11. The van der Waals surface area contributed by atoms with Gasteiger partial charge in [0, 0.05) is 17.3 Å². The third-order valence-corrected chi connectivity index (χ3v) is 7.09. The molecule has 8 heteroatoms. The number of hydrogen-bond acceptors (Lipinski definition) is 4. The van der Waals surface area contributed by atoms with Crippen molar-refractivity contribution in [2.45, 2.75) is 29.7 Å². The second-order valence-electron chi connectivity index (χ2n) is 7.52. The largest absolute Gasteiger partial charge is 0.336 e. The van der Waals surface area contributed by atoms with Gasteiger partial charge in [-0.2, -0.15) is 0 Å². The molecule has 0 aliphatic heterocycles. The Hall–Kier alpha value is -3.78. The highest BCUT2D eigenvalue weighted by atomic mass is 32.2. The molecular weight excluding hydrogens is 443 g/mol. The summed E-state index contributed by atoms with van der Waals surface area (Å²) in [6.07, 6.45) is 1.96. The van der Waals surface area contributed by atoms with E-state index in [0.29, 0.717) is 11.2 Å². The van der Waals surface area contributed by atoms with Crippen LogP contribution in [0, 0.1) is 5.82 Å². The van der Waals surface area contributed by atoms with Crippen molar-refractivity contribution in [2.24, 2.45) is 0 Å². The van der Waals surface area contributed by atoms with E-state index in [-0.39, 0.29) is 16.8 Å². The first kappa shape index (κ1) is 22.4. The Labute approximate surface area is 190 Å². The van der Waals surface area contributed by atoms with E-state index in [1.54, 1.807) is 30.3 Å². The van der Waals surface area contributed by atoms with Gasteiger partial charge < -0.3 is 9.88 Å². The van der Waals surface area contributed by atoms with Gasteiger partial charge in [-0.3, -0.25) is 9.59 Å². The van der Waals surface area contributed by atoms with Gasteiger partial charge in [0.1, 0.15) is 17.3 Å². The fraction of sp³-hybridized carbons (Fsp3) is 0.120. The number of fused-ring (bicyclic) bond motifs is 1. The molecule has 4 rings (SSSR count). The molecule has 0 fully saturated rings. The van der Waals surface area contributed by atoms with Gasteiger partial charge in [0.05, 0.1) is 10.4 Å². The first-order valence-electron chi connectivity index (χ1n) is 10.3. The molecule has 0 saturated heterocycles. The van der Waals surface area contributed by atoms with Gasteiger partial charge in [0.25, 0.3) is 0 Å². The van der Waals surface area contributed by atoms with Crippen LogP contribution in [0.4, 0.5) is 10.1 Å². The molecule has 0 radical (unpaired) electrons. The molecule has 0 spiro atoms. The summed E-state index contributed by atoms with van der Waals surface area (Å²) in [5.74, 6) is -0.882. The van der Waals surface area contributed by atoms with Crippen LogP contribution >= 0.6 is 0 Å². The van der Waals surface area contributed by atoms with E-state index in [1.807, 2.05) is 6.92 Å². The molecule has 1 N–H and O–H groups in total. The molecule has 33 heavy (non-hydrogen) atoms. The molecule has 0 atom stereocenters. The second-order valence-corrected chi connectivity index (χ2v) is 9.44. The first-order chi connectivity index (χ1) is 15.8. The van der Waals surface area contributed by atoms with E-state index in [4.69, 9.17) is 0 Å². The summed E-state index contributed by atoms with van der Waals surface area (Å²) in [5.41, 5.74) is 1.18. The summed E-state index contributed by atoms with van der Waals surface area (Å²) in [5, 5.41) is 2.84. The lowest BCUT2D eigenvalue weighted by Gasteiger charge is -2.14. The number of carbonyl (C=O) groups excluding carboxylic acids is 1. The van der Waals surface area contributed by atoms with E-state index in [0.717, 1.165) is 12.0 Å². The van der Waals surface area contributed by atoms with Crippen LogP contribution in [0.2, 0.25) is 0 Å². The average Bonchev–Trinajstić information content (AvgIpc) is 2.82. The highest BCUT2D eigenvalue weighted by molar-refractivity contribution is 7.91. The Kier molecular flexibility index (Phi) is 6.11. The number of aromatic nitrogens is 1. The maximum atomic E-state index is 13.3. The topological polar surface area (TPSA) is 85.2 Å². The third-order valence-electron chi connectivity index (χ3n) is 5.33. The lowest BCUT2D eigenvalue weighted by atomic mass is 10.2. The number of nitrogens with zero attached hydrogens (tertiary/aromatic N) is 1. The Morgan fingerprint density at radius 1 is 0.970 bits per heavy atom.